The minimum Gasteiger partial charge on any atom is -0.396 e. The van der Waals surface area contributed by atoms with Crippen molar-refractivity contribution in [1.29, 1.82) is 5.41 Å². The van der Waals surface area contributed by atoms with E-state index in [2.05, 4.69) is 0 Å². The van der Waals surface area contributed by atoms with Crippen molar-refractivity contribution < 1.29 is 9.84 Å². The highest BCUT2D eigenvalue weighted by Gasteiger charge is 2.17. The second-order valence-electron chi connectivity index (χ2n) is 4.22. The van der Waals surface area contributed by atoms with Gasteiger partial charge in [-0.2, -0.15) is 0 Å². The normalized spacial score (nSPS) is 14.2. The van der Waals surface area contributed by atoms with Crippen LogP contribution in [0.15, 0.2) is 0 Å². The van der Waals surface area contributed by atoms with Gasteiger partial charge in [0.05, 0.1) is 11.7 Å². The number of aliphatic hydroxyl groups excluding tert-OH is 1. The Morgan fingerprint density at radius 2 is 2.00 bits per heavy atom. The smallest absolute Gasteiger partial charge is 0.0927 e. The molecule has 0 heterocycles. The van der Waals surface area contributed by atoms with Crippen LogP contribution in [-0.2, 0) is 4.74 Å². The van der Waals surface area contributed by atoms with Crippen molar-refractivity contribution in [2.75, 3.05) is 6.61 Å². The van der Waals surface area contributed by atoms with Gasteiger partial charge in [0, 0.05) is 12.3 Å². The monoisotopic (exact) mass is 187 g/mol. The maximum atomic E-state index is 8.59. The summed E-state index contributed by atoms with van der Waals surface area (Å²) in [5.74, 6) is 0. The number of nitrogens with one attached hydrogen (secondary N) is 1. The number of hydrogen-bond donors (Lipinski definition) is 2. The lowest BCUT2D eigenvalue weighted by molar-refractivity contribution is -0.0225. The predicted octanol–water partition coefficient (Wildman–Crippen LogP) is 1.98. The summed E-state index contributed by atoms with van der Waals surface area (Å²) >= 11 is 0. The molecule has 3 nitrogen and oxygen atoms in total. The molecular formula is C10H21NO2. The van der Waals surface area contributed by atoms with Gasteiger partial charge in [0.1, 0.15) is 0 Å². The van der Waals surface area contributed by atoms with Crippen LogP contribution < -0.4 is 0 Å². The van der Waals surface area contributed by atoms with Crippen molar-refractivity contribution in [2.45, 2.75) is 52.2 Å². The molecule has 0 rings (SSSR count). The minimum atomic E-state index is -0.203. The number of aliphatic hydroxyl groups is 1. The summed E-state index contributed by atoms with van der Waals surface area (Å²) < 4.78 is 5.59. The average Bonchev–Trinajstić information content (AvgIpc) is 1.96. The van der Waals surface area contributed by atoms with Crippen LogP contribution in [0, 0.1) is 5.41 Å². The van der Waals surface area contributed by atoms with E-state index < -0.39 is 0 Å². The first-order chi connectivity index (χ1) is 5.87. The molecule has 0 saturated carbocycles. The van der Waals surface area contributed by atoms with Crippen molar-refractivity contribution in [3.8, 4) is 0 Å². The van der Waals surface area contributed by atoms with Crippen molar-refractivity contribution in [2.24, 2.45) is 0 Å². The molecule has 3 heteroatoms. The Kier molecular flexibility index (Phi) is 5.18. The van der Waals surface area contributed by atoms with Gasteiger partial charge < -0.3 is 15.3 Å². The molecule has 0 fully saturated rings. The largest absolute Gasteiger partial charge is 0.396 e. The van der Waals surface area contributed by atoms with E-state index in [1.807, 2.05) is 27.7 Å². The van der Waals surface area contributed by atoms with E-state index in [9.17, 15) is 0 Å². The van der Waals surface area contributed by atoms with E-state index in [1.165, 1.54) is 0 Å². The molecule has 0 bridgehead atoms. The van der Waals surface area contributed by atoms with Crippen LogP contribution >= 0.6 is 0 Å². The van der Waals surface area contributed by atoms with Crippen LogP contribution in [0.4, 0.5) is 0 Å². The van der Waals surface area contributed by atoms with Crippen LogP contribution in [-0.4, -0.2) is 29.1 Å². The molecule has 2 N–H and O–H groups in total. The predicted molar refractivity (Wildman–Crippen MR) is 54.3 cm³/mol. The first kappa shape index (κ1) is 12.6. The van der Waals surface area contributed by atoms with Gasteiger partial charge >= 0.3 is 0 Å². The molecule has 13 heavy (non-hydrogen) atoms. The lowest BCUT2D eigenvalue weighted by atomic mass is 10.1. The maximum absolute atomic E-state index is 8.59. The van der Waals surface area contributed by atoms with Gasteiger partial charge in [-0.3, -0.25) is 0 Å². The molecule has 0 aliphatic carbocycles. The molecule has 0 amide bonds. The zero-order valence-corrected chi connectivity index (χ0v) is 9.05. The summed E-state index contributed by atoms with van der Waals surface area (Å²) in [5, 5.41) is 16.2. The molecule has 0 aromatic heterocycles. The molecular weight excluding hydrogens is 166 g/mol. The summed E-state index contributed by atoms with van der Waals surface area (Å²) in [4.78, 5) is 0. The zero-order chi connectivity index (χ0) is 10.5. The lowest BCUT2D eigenvalue weighted by Crippen LogP contribution is -2.30. The van der Waals surface area contributed by atoms with Gasteiger partial charge in [-0.05, 0) is 40.5 Å². The Hall–Kier alpha value is -0.410. The molecule has 78 valence electrons. The molecule has 0 aliphatic rings. The lowest BCUT2D eigenvalue weighted by Gasteiger charge is -2.25. The molecule has 1 atom stereocenters. The highest BCUT2D eigenvalue weighted by atomic mass is 16.5. The Labute approximate surface area is 80.6 Å². The molecule has 0 aromatic carbocycles. The van der Waals surface area contributed by atoms with E-state index in [-0.39, 0.29) is 18.3 Å². The minimum absolute atomic E-state index is 0.143. The molecule has 1 unspecified atom stereocenters. The summed E-state index contributed by atoms with van der Waals surface area (Å²) in [6.07, 6.45) is 1.12. The van der Waals surface area contributed by atoms with Crippen LogP contribution in [0.5, 0.6) is 0 Å². The second-order valence-corrected chi connectivity index (χ2v) is 4.22. The van der Waals surface area contributed by atoms with Crippen LogP contribution in [0.2, 0.25) is 0 Å². The summed E-state index contributed by atoms with van der Waals surface area (Å²) in [6, 6.07) is 0. The van der Waals surface area contributed by atoms with Gasteiger partial charge in [0.25, 0.3) is 0 Å². The summed E-state index contributed by atoms with van der Waals surface area (Å²) in [6.45, 7) is 7.95. The van der Waals surface area contributed by atoms with Crippen LogP contribution in [0.25, 0.3) is 0 Å². The third-order valence-corrected chi connectivity index (χ3v) is 1.63. The molecule has 0 aromatic rings. The third-order valence-electron chi connectivity index (χ3n) is 1.63. The highest BCUT2D eigenvalue weighted by molar-refractivity contribution is 5.85. The summed E-state index contributed by atoms with van der Waals surface area (Å²) in [7, 11) is 0. The fraction of sp³-hybridized carbons (Fsp3) is 0.900. The molecule has 0 aliphatic heterocycles. The Balaban J connectivity index is 3.83. The van der Waals surface area contributed by atoms with Crippen molar-refractivity contribution in [3.05, 3.63) is 0 Å². The van der Waals surface area contributed by atoms with Gasteiger partial charge in [-0.15, -0.1) is 0 Å². The quantitative estimate of drug-likeness (QED) is 0.647. The maximum Gasteiger partial charge on any atom is 0.0927 e. The Morgan fingerprint density at radius 3 is 2.38 bits per heavy atom. The van der Waals surface area contributed by atoms with Crippen molar-refractivity contribution in [1.82, 2.24) is 0 Å². The Morgan fingerprint density at radius 1 is 1.46 bits per heavy atom. The van der Waals surface area contributed by atoms with E-state index in [1.54, 1.807) is 0 Å². The van der Waals surface area contributed by atoms with Crippen LogP contribution in [0.3, 0.4) is 0 Å². The van der Waals surface area contributed by atoms with Gasteiger partial charge in [0.15, 0.2) is 0 Å². The number of ether oxygens (including phenoxy) is 1. The SMILES string of the molecule is CC(OC(C)(C)C)C(=N)CCCO. The highest BCUT2D eigenvalue weighted by Crippen LogP contribution is 2.12. The first-order valence-corrected chi connectivity index (χ1v) is 4.73. The topological polar surface area (TPSA) is 53.3 Å². The van der Waals surface area contributed by atoms with E-state index in [0.29, 0.717) is 18.6 Å². The third kappa shape index (κ3) is 6.72. The fourth-order valence-corrected chi connectivity index (χ4v) is 1.07. The van der Waals surface area contributed by atoms with Crippen LogP contribution in [0.1, 0.15) is 40.5 Å². The molecule has 0 spiro atoms. The molecule has 0 radical (unpaired) electrons. The zero-order valence-electron chi connectivity index (χ0n) is 9.05. The second kappa shape index (κ2) is 5.35. The van der Waals surface area contributed by atoms with Gasteiger partial charge in [-0.1, -0.05) is 0 Å². The number of rotatable bonds is 5. The van der Waals surface area contributed by atoms with E-state index in [4.69, 9.17) is 15.3 Å². The van der Waals surface area contributed by atoms with Gasteiger partial charge in [0.2, 0.25) is 0 Å². The van der Waals surface area contributed by atoms with Crippen molar-refractivity contribution >= 4 is 5.71 Å². The molecule has 0 saturated heterocycles. The first-order valence-electron chi connectivity index (χ1n) is 4.73. The average molecular weight is 187 g/mol. The number of hydrogen-bond acceptors (Lipinski definition) is 3. The van der Waals surface area contributed by atoms with Crippen molar-refractivity contribution in [3.63, 3.8) is 0 Å². The summed E-state index contributed by atoms with van der Waals surface area (Å²) in [5.41, 5.74) is 0.356. The van der Waals surface area contributed by atoms with Gasteiger partial charge in [-0.25, -0.2) is 0 Å². The van der Waals surface area contributed by atoms with E-state index >= 15 is 0 Å². The standard InChI is InChI=1S/C10H21NO2/c1-8(13-10(2,3)4)9(11)6-5-7-12/h8,11-12H,5-7H2,1-4H3. The fourth-order valence-electron chi connectivity index (χ4n) is 1.07. The Bertz CT molecular complexity index is 161. The van der Waals surface area contributed by atoms with E-state index in [0.717, 1.165) is 0 Å².